The van der Waals surface area contributed by atoms with Crippen LogP contribution in [0.2, 0.25) is 0 Å². The lowest BCUT2D eigenvalue weighted by molar-refractivity contribution is -0.136. The second-order valence-corrected chi connectivity index (χ2v) is 5.44. The molecule has 0 aliphatic heterocycles. The highest BCUT2D eigenvalue weighted by molar-refractivity contribution is 6.39. The minimum Gasteiger partial charge on any atom is -0.504 e. The van der Waals surface area contributed by atoms with Crippen LogP contribution in [0.15, 0.2) is 60.2 Å². The van der Waals surface area contributed by atoms with E-state index in [4.69, 9.17) is 9.47 Å². The lowest BCUT2D eigenvalue weighted by atomic mass is 10.2. The van der Waals surface area contributed by atoms with E-state index in [0.717, 1.165) is 0 Å². The molecule has 8 nitrogen and oxygen atoms in total. The average Bonchev–Trinajstić information content (AvgIpc) is 2.70. The Kier molecular flexibility index (Phi) is 7.59. The summed E-state index contributed by atoms with van der Waals surface area (Å²) in [5, 5.41) is 15.8. The third kappa shape index (κ3) is 6.17. The molecule has 2 rings (SSSR count). The number of nitrogens with one attached hydrogen (secondary N) is 2. The minimum atomic E-state index is -0.924. The van der Waals surface area contributed by atoms with Crippen LogP contribution in [-0.2, 0) is 9.59 Å². The molecule has 0 unspecified atom stereocenters. The van der Waals surface area contributed by atoms with Crippen molar-refractivity contribution in [3.05, 3.63) is 60.7 Å². The molecule has 0 aliphatic rings. The fourth-order valence-corrected chi connectivity index (χ4v) is 2.08. The summed E-state index contributed by atoms with van der Waals surface area (Å²) in [6, 6.07) is 11.1. The number of hydrazone groups is 1. The number of amides is 2. The number of anilines is 1. The topological polar surface area (TPSA) is 109 Å². The zero-order valence-electron chi connectivity index (χ0n) is 15.3. The van der Waals surface area contributed by atoms with Crippen LogP contribution >= 0.6 is 0 Å². The fourth-order valence-electron chi connectivity index (χ4n) is 2.08. The lowest BCUT2D eigenvalue weighted by Gasteiger charge is -2.07. The Morgan fingerprint density at radius 3 is 2.57 bits per heavy atom. The first-order valence-corrected chi connectivity index (χ1v) is 8.47. The van der Waals surface area contributed by atoms with Gasteiger partial charge in [-0.25, -0.2) is 5.43 Å². The van der Waals surface area contributed by atoms with Crippen LogP contribution in [0.25, 0.3) is 0 Å². The van der Waals surface area contributed by atoms with E-state index in [2.05, 4.69) is 22.4 Å². The Hall–Kier alpha value is -3.81. The second kappa shape index (κ2) is 10.4. The predicted molar refractivity (Wildman–Crippen MR) is 106 cm³/mol. The molecule has 2 aromatic rings. The number of benzene rings is 2. The summed E-state index contributed by atoms with van der Waals surface area (Å²) in [6.07, 6.45) is 2.95. The van der Waals surface area contributed by atoms with Crippen molar-refractivity contribution >= 4 is 23.7 Å². The van der Waals surface area contributed by atoms with Crippen LogP contribution in [0, 0.1) is 0 Å². The van der Waals surface area contributed by atoms with Gasteiger partial charge in [0.2, 0.25) is 0 Å². The number of nitrogens with zero attached hydrogens (tertiary/aromatic N) is 1. The van der Waals surface area contributed by atoms with Crippen molar-refractivity contribution in [3.8, 4) is 17.2 Å². The Balaban J connectivity index is 1.88. The second-order valence-electron chi connectivity index (χ2n) is 5.44. The molecule has 0 saturated heterocycles. The first-order valence-electron chi connectivity index (χ1n) is 8.47. The number of phenolic OH excluding ortho intramolecular Hbond substituents is 1. The molecule has 0 atom stereocenters. The summed E-state index contributed by atoms with van der Waals surface area (Å²) < 4.78 is 10.6. The van der Waals surface area contributed by atoms with Crippen molar-refractivity contribution < 1.29 is 24.2 Å². The maximum absolute atomic E-state index is 11.9. The average molecular weight is 383 g/mol. The van der Waals surface area contributed by atoms with Crippen molar-refractivity contribution in [2.45, 2.75) is 6.92 Å². The molecular weight excluding hydrogens is 362 g/mol. The number of aromatic hydroxyl groups is 1. The summed E-state index contributed by atoms with van der Waals surface area (Å²) >= 11 is 0. The summed E-state index contributed by atoms with van der Waals surface area (Å²) in [7, 11) is 0. The maximum atomic E-state index is 11.9. The predicted octanol–water partition coefficient (Wildman–Crippen LogP) is 2.44. The fraction of sp³-hybridized carbons (Fsp3) is 0.150. The molecule has 3 N–H and O–H groups in total. The normalized spacial score (nSPS) is 10.3. The van der Waals surface area contributed by atoms with Crippen LogP contribution in [0.1, 0.15) is 12.5 Å². The van der Waals surface area contributed by atoms with Crippen molar-refractivity contribution in [1.82, 2.24) is 5.43 Å². The molecule has 0 radical (unpaired) electrons. The summed E-state index contributed by atoms with van der Waals surface area (Å²) in [5.74, 6) is -0.865. The first-order chi connectivity index (χ1) is 13.5. The third-order valence-electron chi connectivity index (χ3n) is 3.35. The Bertz CT molecular complexity index is 863. The van der Waals surface area contributed by atoms with E-state index in [9.17, 15) is 14.7 Å². The Morgan fingerprint density at radius 1 is 1.14 bits per heavy atom. The van der Waals surface area contributed by atoms with Crippen molar-refractivity contribution in [2.24, 2.45) is 5.10 Å². The number of hydrogen-bond acceptors (Lipinski definition) is 6. The van der Waals surface area contributed by atoms with Crippen LogP contribution < -0.4 is 20.2 Å². The molecule has 0 aliphatic carbocycles. The van der Waals surface area contributed by atoms with Gasteiger partial charge < -0.3 is 19.9 Å². The van der Waals surface area contributed by atoms with Crippen molar-refractivity contribution in [3.63, 3.8) is 0 Å². The highest BCUT2D eigenvalue weighted by atomic mass is 16.5. The van der Waals surface area contributed by atoms with Gasteiger partial charge in [0.1, 0.15) is 12.4 Å². The van der Waals surface area contributed by atoms with Gasteiger partial charge >= 0.3 is 11.8 Å². The number of ether oxygens (including phenoxy) is 2. The number of rotatable bonds is 8. The van der Waals surface area contributed by atoms with Crippen LogP contribution in [0.4, 0.5) is 5.69 Å². The van der Waals surface area contributed by atoms with Crippen LogP contribution in [0.3, 0.4) is 0 Å². The van der Waals surface area contributed by atoms with Crippen molar-refractivity contribution in [2.75, 3.05) is 18.5 Å². The third-order valence-corrected chi connectivity index (χ3v) is 3.35. The number of hydrogen-bond donors (Lipinski definition) is 3. The van der Waals surface area contributed by atoms with Crippen LogP contribution in [-0.4, -0.2) is 36.3 Å². The lowest BCUT2D eigenvalue weighted by Crippen LogP contribution is -2.32. The van der Waals surface area contributed by atoms with Gasteiger partial charge in [0.05, 0.1) is 12.8 Å². The summed E-state index contributed by atoms with van der Waals surface area (Å²) in [6.45, 7) is 6.12. The number of carbonyl (C=O) groups is 2. The summed E-state index contributed by atoms with van der Waals surface area (Å²) in [5.41, 5.74) is 3.16. The molecule has 0 spiro atoms. The van der Waals surface area contributed by atoms with Gasteiger partial charge in [0.25, 0.3) is 0 Å². The van der Waals surface area contributed by atoms with E-state index in [1.165, 1.54) is 12.3 Å². The zero-order valence-corrected chi connectivity index (χ0v) is 15.3. The number of carbonyl (C=O) groups excluding carboxylic acids is 2. The van der Waals surface area contributed by atoms with Gasteiger partial charge in [0.15, 0.2) is 11.5 Å². The minimum absolute atomic E-state index is 0.00308. The molecule has 2 aromatic carbocycles. The quantitative estimate of drug-likeness (QED) is 0.281. The largest absolute Gasteiger partial charge is 0.504 e. The van der Waals surface area contributed by atoms with Gasteiger partial charge in [-0.05, 0) is 55.0 Å². The molecule has 0 saturated carbocycles. The van der Waals surface area contributed by atoms with E-state index in [1.807, 2.05) is 0 Å². The molecule has 146 valence electrons. The van der Waals surface area contributed by atoms with Crippen molar-refractivity contribution in [1.29, 1.82) is 0 Å². The number of phenols is 1. The molecule has 0 bridgehead atoms. The van der Waals surface area contributed by atoms with Gasteiger partial charge in [-0.3, -0.25) is 9.59 Å². The highest BCUT2D eigenvalue weighted by Gasteiger charge is 2.13. The molecule has 28 heavy (non-hydrogen) atoms. The first kappa shape index (κ1) is 20.5. The standard InChI is InChI=1S/C20H21N3O5/c1-3-11-28-16-8-6-15(7-9-16)22-19(25)20(26)23-21-13-14-5-10-17(24)18(12-14)27-4-2/h3,5-10,12-13,24H,1,4,11H2,2H3,(H,22,25)(H,23,26)/b21-13-. The molecule has 0 fully saturated rings. The van der Waals surface area contributed by atoms with E-state index in [-0.39, 0.29) is 5.75 Å². The maximum Gasteiger partial charge on any atom is 0.329 e. The smallest absolute Gasteiger partial charge is 0.329 e. The van der Waals surface area contributed by atoms with Gasteiger partial charge in [-0.15, -0.1) is 0 Å². The van der Waals surface area contributed by atoms with Gasteiger partial charge in [0, 0.05) is 5.69 Å². The van der Waals surface area contributed by atoms with E-state index in [0.29, 0.717) is 36.0 Å². The van der Waals surface area contributed by atoms with Crippen LogP contribution in [0.5, 0.6) is 17.2 Å². The monoisotopic (exact) mass is 383 g/mol. The van der Waals surface area contributed by atoms with E-state index in [1.54, 1.807) is 49.4 Å². The van der Waals surface area contributed by atoms with Gasteiger partial charge in [-0.2, -0.15) is 5.10 Å². The molecule has 8 heteroatoms. The Labute approximate surface area is 162 Å². The summed E-state index contributed by atoms with van der Waals surface area (Å²) in [4.78, 5) is 23.7. The molecule has 2 amide bonds. The SMILES string of the molecule is C=CCOc1ccc(NC(=O)C(=O)N/N=C\c2ccc(O)c(OCC)c2)cc1. The Morgan fingerprint density at radius 2 is 1.89 bits per heavy atom. The van der Waals surface area contributed by atoms with E-state index < -0.39 is 11.8 Å². The van der Waals surface area contributed by atoms with E-state index >= 15 is 0 Å². The zero-order chi connectivity index (χ0) is 20.4. The highest BCUT2D eigenvalue weighted by Crippen LogP contribution is 2.26. The molecule has 0 aromatic heterocycles. The van der Waals surface area contributed by atoms with Gasteiger partial charge in [-0.1, -0.05) is 12.7 Å². The molecule has 0 heterocycles. The molecular formula is C20H21N3O5.